The molecule has 100 valence electrons. The molecule has 0 spiro atoms. The van der Waals surface area contributed by atoms with Crippen molar-refractivity contribution < 1.29 is 9.53 Å². The standard InChI is InChI=1S/C14H20BrNO2/c1-4-18-14(17)10-16(11(2)3)9-12-7-5-6-8-13(12)15/h5-8,11H,4,9-10H2,1-3H3. The van der Waals surface area contributed by atoms with Crippen LogP contribution < -0.4 is 0 Å². The average molecular weight is 314 g/mol. The molecule has 0 amide bonds. The first-order valence-corrected chi connectivity index (χ1v) is 6.97. The van der Waals surface area contributed by atoms with Crippen molar-refractivity contribution >= 4 is 21.9 Å². The Morgan fingerprint density at radius 2 is 2.06 bits per heavy atom. The zero-order valence-electron chi connectivity index (χ0n) is 11.1. The van der Waals surface area contributed by atoms with Crippen molar-refractivity contribution in [1.29, 1.82) is 0 Å². The molecule has 1 aromatic rings. The molecule has 0 unspecified atom stereocenters. The maximum Gasteiger partial charge on any atom is 0.320 e. The van der Waals surface area contributed by atoms with Crippen molar-refractivity contribution in [2.75, 3.05) is 13.2 Å². The number of nitrogens with zero attached hydrogens (tertiary/aromatic N) is 1. The molecule has 0 aliphatic heterocycles. The number of hydrogen-bond donors (Lipinski definition) is 0. The van der Waals surface area contributed by atoms with Crippen LogP contribution in [0.3, 0.4) is 0 Å². The molecule has 3 nitrogen and oxygen atoms in total. The molecule has 0 bridgehead atoms. The molecular formula is C14H20BrNO2. The molecule has 1 rings (SSSR count). The minimum atomic E-state index is -0.168. The van der Waals surface area contributed by atoms with Gasteiger partial charge < -0.3 is 4.74 Å². The molecule has 0 saturated carbocycles. The number of esters is 1. The van der Waals surface area contributed by atoms with Crippen LogP contribution in [0.15, 0.2) is 28.7 Å². The number of carbonyl (C=O) groups is 1. The maximum absolute atomic E-state index is 11.6. The minimum absolute atomic E-state index is 0.168. The van der Waals surface area contributed by atoms with Gasteiger partial charge in [-0.15, -0.1) is 0 Å². The molecule has 0 atom stereocenters. The normalized spacial score (nSPS) is 11.0. The van der Waals surface area contributed by atoms with Crippen molar-refractivity contribution in [2.45, 2.75) is 33.4 Å². The predicted octanol–water partition coefficient (Wildman–Crippen LogP) is 3.22. The summed E-state index contributed by atoms with van der Waals surface area (Å²) in [6.07, 6.45) is 0. The van der Waals surface area contributed by atoms with Gasteiger partial charge in [0.25, 0.3) is 0 Å². The highest BCUT2D eigenvalue weighted by molar-refractivity contribution is 9.10. The minimum Gasteiger partial charge on any atom is -0.465 e. The number of ether oxygens (including phenoxy) is 1. The highest BCUT2D eigenvalue weighted by atomic mass is 79.9. The third kappa shape index (κ3) is 4.78. The molecule has 0 N–H and O–H groups in total. The van der Waals surface area contributed by atoms with E-state index in [9.17, 15) is 4.79 Å². The summed E-state index contributed by atoms with van der Waals surface area (Å²) in [5, 5.41) is 0. The average Bonchev–Trinajstić information content (AvgIpc) is 2.31. The van der Waals surface area contributed by atoms with Gasteiger partial charge in [0.2, 0.25) is 0 Å². The maximum atomic E-state index is 11.6. The van der Waals surface area contributed by atoms with Gasteiger partial charge >= 0.3 is 5.97 Å². The number of rotatable bonds is 6. The fourth-order valence-electron chi connectivity index (χ4n) is 1.64. The number of benzene rings is 1. The zero-order valence-corrected chi connectivity index (χ0v) is 12.7. The van der Waals surface area contributed by atoms with Crippen LogP contribution in [0.1, 0.15) is 26.3 Å². The van der Waals surface area contributed by atoms with E-state index >= 15 is 0 Å². The Kier molecular flexibility index (Phi) is 6.36. The van der Waals surface area contributed by atoms with Crippen molar-refractivity contribution in [3.8, 4) is 0 Å². The van der Waals surface area contributed by atoms with Crippen LogP contribution in [0.4, 0.5) is 0 Å². The molecule has 4 heteroatoms. The van der Waals surface area contributed by atoms with E-state index in [-0.39, 0.29) is 5.97 Å². The van der Waals surface area contributed by atoms with Crippen molar-refractivity contribution in [1.82, 2.24) is 4.90 Å². The Balaban J connectivity index is 2.69. The molecule has 18 heavy (non-hydrogen) atoms. The third-order valence-electron chi connectivity index (χ3n) is 2.70. The van der Waals surface area contributed by atoms with Crippen molar-refractivity contribution in [3.05, 3.63) is 34.3 Å². The van der Waals surface area contributed by atoms with Crippen molar-refractivity contribution in [2.24, 2.45) is 0 Å². The van der Waals surface area contributed by atoms with Gasteiger partial charge in [-0.1, -0.05) is 34.1 Å². The van der Waals surface area contributed by atoms with E-state index in [2.05, 4.69) is 40.7 Å². The summed E-state index contributed by atoms with van der Waals surface area (Å²) in [4.78, 5) is 13.7. The summed E-state index contributed by atoms with van der Waals surface area (Å²) >= 11 is 3.53. The van der Waals surface area contributed by atoms with Gasteiger partial charge in [-0.05, 0) is 32.4 Å². The molecule has 0 aliphatic rings. The van der Waals surface area contributed by atoms with Gasteiger partial charge in [0.1, 0.15) is 0 Å². The van der Waals surface area contributed by atoms with Crippen LogP contribution in [0.5, 0.6) is 0 Å². The topological polar surface area (TPSA) is 29.5 Å². The molecule has 0 heterocycles. The first-order chi connectivity index (χ1) is 8.54. The Labute approximate surface area is 117 Å². The molecule has 0 aliphatic carbocycles. The number of halogens is 1. The fourth-order valence-corrected chi connectivity index (χ4v) is 2.05. The smallest absolute Gasteiger partial charge is 0.320 e. The highest BCUT2D eigenvalue weighted by Crippen LogP contribution is 2.18. The van der Waals surface area contributed by atoms with E-state index in [0.717, 1.165) is 11.0 Å². The Hall–Kier alpha value is -0.870. The van der Waals surface area contributed by atoms with E-state index in [0.29, 0.717) is 19.2 Å². The van der Waals surface area contributed by atoms with Crippen LogP contribution in [-0.4, -0.2) is 30.1 Å². The quantitative estimate of drug-likeness (QED) is 0.755. The lowest BCUT2D eigenvalue weighted by Crippen LogP contribution is -2.36. The van der Waals surface area contributed by atoms with E-state index < -0.39 is 0 Å². The van der Waals surface area contributed by atoms with Gasteiger partial charge in [0.05, 0.1) is 13.2 Å². The molecule has 0 aromatic heterocycles. The Bertz CT molecular complexity index is 393. The summed E-state index contributed by atoms with van der Waals surface area (Å²) in [5.41, 5.74) is 1.18. The van der Waals surface area contributed by atoms with Crippen LogP contribution in [0, 0.1) is 0 Å². The molecule has 0 fully saturated rings. The van der Waals surface area contributed by atoms with Crippen LogP contribution in [0.2, 0.25) is 0 Å². The Morgan fingerprint density at radius 3 is 2.61 bits per heavy atom. The zero-order chi connectivity index (χ0) is 13.5. The lowest BCUT2D eigenvalue weighted by atomic mass is 10.2. The summed E-state index contributed by atoms with van der Waals surface area (Å²) in [7, 11) is 0. The number of carbonyl (C=O) groups excluding carboxylic acids is 1. The van der Waals surface area contributed by atoms with Gasteiger partial charge in [0.15, 0.2) is 0 Å². The fraction of sp³-hybridized carbons (Fsp3) is 0.500. The van der Waals surface area contributed by atoms with Gasteiger partial charge in [-0.3, -0.25) is 9.69 Å². The first kappa shape index (κ1) is 15.2. The monoisotopic (exact) mass is 313 g/mol. The Morgan fingerprint density at radius 1 is 1.39 bits per heavy atom. The first-order valence-electron chi connectivity index (χ1n) is 6.17. The summed E-state index contributed by atoms with van der Waals surface area (Å²) in [5.74, 6) is -0.168. The second kappa shape index (κ2) is 7.54. The lowest BCUT2D eigenvalue weighted by molar-refractivity contribution is -0.145. The van der Waals surface area contributed by atoms with Crippen LogP contribution in [0.25, 0.3) is 0 Å². The van der Waals surface area contributed by atoms with E-state index in [4.69, 9.17) is 4.74 Å². The molecule has 1 aromatic carbocycles. The summed E-state index contributed by atoms with van der Waals surface area (Å²) < 4.78 is 6.07. The third-order valence-corrected chi connectivity index (χ3v) is 3.47. The van der Waals surface area contributed by atoms with Crippen LogP contribution >= 0.6 is 15.9 Å². The highest BCUT2D eigenvalue weighted by Gasteiger charge is 2.16. The van der Waals surface area contributed by atoms with E-state index in [1.807, 2.05) is 25.1 Å². The summed E-state index contributed by atoms with van der Waals surface area (Å²) in [6.45, 7) is 7.47. The second-order valence-corrected chi connectivity index (χ2v) is 5.25. The van der Waals surface area contributed by atoms with Gasteiger partial charge in [-0.2, -0.15) is 0 Å². The van der Waals surface area contributed by atoms with E-state index in [1.165, 1.54) is 5.56 Å². The molecule has 0 saturated heterocycles. The molecular weight excluding hydrogens is 294 g/mol. The molecule has 0 radical (unpaired) electrons. The SMILES string of the molecule is CCOC(=O)CN(Cc1ccccc1Br)C(C)C. The predicted molar refractivity (Wildman–Crippen MR) is 76.3 cm³/mol. The van der Waals surface area contributed by atoms with E-state index in [1.54, 1.807) is 0 Å². The van der Waals surface area contributed by atoms with Crippen LogP contribution in [-0.2, 0) is 16.1 Å². The van der Waals surface area contributed by atoms with Gasteiger partial charge in [-0.25, -0.2) is 0 Å². The number of hydrogen-bond acceptors (Lipinski definition) is 3. The second-order valence-electron chi connectivity index (χ2n) is 4.40. The largest absolute Gasteiger partial charge is 0.465 e. The van der Waals surface area contributed by atoms with Crippen molar-refractivity contribution in [3.63, 3.8) is 0 Å². The summed E-state index contributed by atoms with van der Waals surface area (Å²) in [6, 6.07) is 8.35. The lowest BCUT2D eigenvalue weighted by Gasteiger charge is -2.25. The van der Waals surface area contributed by atoms with Gasteiger partial charge in [0, 0.05) is 17.1 Å².